The second kappa shape index (κ2) is 6.85. The predicted octanol–water partition coefficient (Wildman–Crippen LogP) is 3.76. The minimum Gasteiger partial charge on any atom is -0.477 e. The summed E-state index contributed by atoms with van der Waals surface area (Å²) in [4.78, 5) is 10.1. The van der Waals surface area contributed by atoms with Crippen LogP contribution in [0.4, 0.5) is 74.6 Å². The normalized spacial score (nSPS) is 16.5. The van der Waals surface area contributed by atoms with Gasteiger partial charge in [-0.15, -0.1) is 0 Å². The number of aliphatic hydroxyl groups is 2. The molecule has 3 N–H and O–H groups in total. The van der Waals surface area contributed by atoms with E-state index in [1.54, 1.807) is 0 Å². The number of hydrogen-bond acceptors (Lipinski definition) is 3. The average Bonchev–Trinajstić information content (AvgIpc) is 2.52. The zero-order valence-corrected chi connectivity index (χ0v) is 13.2. The van der Waals surface area contributed by atoms with Crippen molar-refractivity contribution in [3.63, 3.8) is 0 Å². The van der Waals surface area contributed by atoms with Gasteiger partial charge in [-0.2, -0.15) is 74.6 Å². The Morgan fingerprint density at radius 1 is 0.419 bits per heavy atom. The Morgan fingerprint density at radius 3 is 0.806 bits per heavy atom. The van der Waals surface area contributed by atoms with Crippen LogP contribution in [0.3, 0.4) is 0 Å². The Labute approximate surface area is 155 Å². The summed E-state index contributed by atoms with van der Waals surface area (Å²) in [6, 6.07) is 0. The first-order valence-corrected chi connectivity index (χ1v) is 6.34. The van der Waals surface area contributed by atoms with Crippen molar-refractivity contribution in [1.29, 1.82) is 0 Å². The van der Waals surface area contributed by atoms with E-state index in [1.807, 2.05) is 0 Å². The highest BCUT2D eigenvalue weighted by atomic mass is 19.4. The van der Waals surface area contributed by atoms with E-state index < -0.39 is 59.4 Å². The lowest BCUT2D eigenvalue weighted by Crippen LogP contribution is -2.77. The number of halogens is 17. The summed E-state index contributed by atoms with van der Waals surface area (Å²) in [5, 5.41) is 24.3. The van der Waals surface area contributed by atoms with E-state index in [4.69, 9.17) is 15.3 Å². The van der Waals surface area contributed by atoms with Gasteiger partial charge in [0.25, 0.3) is 0 Å². The first-order valence-electron chi connectivity index (χ1n) is 6.34. The van der Waals surface area contributed by atoms with Crippen molar-refractivity contribution in [3.05, 3.63) is 0 Å². The zero-order valence-electron chi connectivity index (χ0n) is 13.2. The maximum Gasteiger partial charge on any atom is 0.460 e. The molecule has 0 unspecified atom stereocenters. The van der Waals surface area contributed by atoms with E-state index in [0.29, 0.717) is 0 Å². The van der Waals surface area contributed by atoms with Gasteiger partial charge in [-0.1, -0.05) is 0 Å². The van der Waals surface area contributed by atoms with E-state index in [9.17, 15) is 79.4 Å². The summed E-state index contributed by atoms with van der Waals surface area (Å²) < 4.78 is 218. The Bertz CT molecular complexity index is 706. The molecule has 4 nitrogen and oxygen atoms in total. The molecule has 0 aromatic heterocycles. The van der Waals surface area contributed by atoms with Crippen LogP contribution in [0.5, 0.6) is 0 Å². The van der Waals surface area contributed by atoms with Gasteiger partial charge in [0.1, 0.15) is 0 Å². The highest BCUT2D eigenvalue weighted by Gasteiger charge is 2.96. The topological polar surface area (TPSA) is 77.8 Å². The molecule has 0 atom stereocenters. The first-order chi connectivity index (χ1) is 12.9. The van der Waals surface area contributed by atoms with Crippen LogP contribution in [-0.2, 0) is 4.79 Å². The maximum atomic E-state index is 13.2. The van der Waals surface area contributed by atoms with E-state index in [0.717, 1.165) is 0 Å². The predicted molar refractivity (Wildman–Crippen MR) is 55.5 cm³/mol. The molecule has 0 radical (unpaired) electrons. The highest BCUT2D eigenvalue weighted by Crippen LogP contribution is 2.64. The number of hydrogen-bond donors (Lipinski definition) is 3. The number of alkyl halides is 17. The second-order valence-corrected chi connectivity index (χ2v) is 5.50. The molecular formula is C10H3F17O4. The first kappa shape index (κ1) is 29.2. The molecule has 0 bridgehead atoms. The number of aliphatic carboxylic acids is 1. The molecule has 0 aliphatic rings. The number of carboxylic acid groups (broad SMARTS) is 1. The van der Waals surface area contributed by atoms with Crippen molar-refractivity contribution in [1.82, 2.24) is 0 Å². The molecule has 0 saturated carbocycles. The van der Waals surface area contributed by atoms with Crippen molar-refractivity contribution in [2.45, 2.75) is 53.4 Å². The van der Waals surface area contributed by atoms with Crippen LogP contribution in [-0.4, -0.2) is 74.7 Å². The minimum absolute atomic E-state index is 4.03. The van der Waals surface area contributed by atoms with Crippen molar-refractivity contribution in [3.8, 4) is 0 Å². The van der Waals surface area contributed by atoms with Crippen molar-refractivity contribution in [2.24, 2.45) is 0 Å². The molecule has 0 spiro atoms. The fourth-order valence-electron chi connectivity index (χ4n) is 1.52. The van der Waals surface area contributed by atoms with Gasteiger partial charge in [-0.3, -0.25) is 0 Å². The van der Waals surface area contributed by atoms with Gasteiger partial charge < -0.3 is 15.3 Å². The van der Waals surface area contributed by atoms with Crippen molar-refractivity contribution in [2.75, 3.05) is 0 Å². The summed E-state index contributed by atoms with van der Waals surface area (Å²) in [6.45, 7) is 0. The maximum absolute atomic E-state index is 13.2. The van der Waals surface area contributed by atoms with Crippen LogP contribution in [0.25, 0.3) is 0 Å². The molecule has 21 heteroatoms. The van der Waals surface area contributed by atoms with Crippen LogP contribution in [0, 0.1) is 0 Å². The van der Waals surface area contributed by atoms with Crippen LogP contribution in [0.1, 0.15) is 0 Å². The molecular weight excluding hydrogens is 507 g/mol. The quantitative estimate of drug-likeness (QED) is 0.344. The van der Waals surface area contributed by atoms with E-state index in [-0.39, 0.29) is 0 Å². The SMILES string of the molecule is O=C(O)C(O)(O)C(F)(F)C(F)(F)C(F)(F)C(F)(F)C(F)(F)C(F)(F)C(F)(F)C(F)(F)F. The molecule has 0 rings (SSSR count). The largest absolute Gasteiger partial charge is 0.477 e. The van der Waals surface area contributed by atoms with E-state index >= 15 is 0 Å². The van der Waals surface area contributed by atoms with Gasteiger partial charge in [0.05, 0.1) is 0 Å². The molecule has 0 aromatic carbocycles. The zero-order chi connectivity index (χ0) is 26.1. The standard InChI is InChI=1S/C10H3F17O4/c11-3(12,2(30,31)1(28)29)4(13,14)5(15,16)6(17,18)7(19,20)8(21,22)9(23,24)10(25,26)27/h30-31H,(H,28,29). The van der Waals surface area contributed by atoms with Gasteiger partial charge in [-0.05, 0) is 0 Å². The lowest BCUT2D eigenvalue weighted by molar-refractivity contribution is -0.471. The Morgan fingerprint density at radius 2 is 0.613 bits per heavy atom. The summed E-state index contributed by atoms with van der Waals surface area (Å²) in [6.07, 6.45) is -7.91. The molecule has 0 fully saturated rings. The fourth-order valence-corrected chi connectivity index (χ4v) is 1.52. The van der Waals surface area contributed by atoms with Crippen molar-refractivity contribution < 1.29 is 94.8 Å². The Balaban J connectivity index is 6.95. The molecule has 0 saturated heterocycles. The van der Waals surface area contributed by atoms with Gasteiger partial charge in [-0.25, -0.2) is 4.79 Å². The number of rotatable bonds is 8. The van der Waals surface area contributed by atoms with Gasteiger partial charge in [0, 0.05) is 0 Å². The molecule has 0 amide bonds. The third-order valence-corrected chi connectivity index (χ3v) is 3.46. The van der Waals surface area contributed by atoms with Crippen LogP contribution in [0.15, 0.2) is 0 Å². The van der Waals surface area contributed by atoms with Gasteiger partial charge >= 0.3 is 59.4 Å². The summed E-state index contributed by atoms with van der Waals surface area (Å²) in [5.41, 5.74) is 0. The molecule has 186 valence electrons. The van der Waals surface area contributed by atoms with Gasteiger partial charge in [0.15, 0.2) is 0 Å². The van der Waals surface area contributed by atoms with E-state index in [1.165, 1.54) is 0 Å². The highest BCUT2D eigenvalue weighted by molar-refractivity contribution is 5.76. The minimum atomic E-state index is -8.94. The Hall–Kier alpha value is -1.80. The second-order valence-electron chi connectivity index (χ2n) is 5.50. The van der Waals surface area contributed by atoms with Crippen molar-refractivity contribution >= 4 is 5.97 Å². The van der Waals surface area contributed by atoms with Crippen LogP contribution < -0.4 is 0 Å². The smallest absolute Gasteiger partial charge is 0.460 e. The number of carbonyl (C=O) groups is 1. The monoisotopic (exact) mass is 510 g/mol. The third-order valence-electron chi connectivity index (χ3n) is 3.46. The van der Waals surface area contributed by atoms with Gasteiger partial charge in [0.2, 0.25) is 0 Å². The third kappa shape index (κ3) is 3.33. The van der Waals surface area contributed by atoms with E-state index in [2.05, 4.69) is 0 Å². The summed E-state index contributed by atoms with van der Waals surface area (Å²) in [7, 11) is 0. The summed E-state index contributed by atoms with van der Waals surface area (Å²) in [5.74, 6) is -70.7. The lowest BCUT2D eigenvalue weighted by atomic mass is 9.87. The van der Waals surface area contributed by atoms with Crippen LogP contribution >= 0.6 is 0 Å². The average molecular weight is 510 g/mol. The number of carboxylic acids is 1. The Kier molecular flexibility index (Phi) is 6.45. The van der Waals surface area contributed by atoms with Crippen LogP contribution in [0.2, 0.25) is 0 Å². The summed E-state index contributed by atoms with van der Waals surface area (Å²) >= 11 is 0. The lowest BCUT2D eigenvalue weighted by Gasteiger charge is -2.43. The molecule has 0 heterocycles. The fraction of sp³-hybridized carbons (Fsp3) is 0.900. The molecule has 0 aliphatic carbocycles. The molecule has 0 aromatic rings. The molecule has 0 aliphatic heterocycles. The molecule has 31 heavy (non-hydrogen) atoms.